The topological polar surface area (TPSA) is 105 Å². The Balaban J connectivity index is 1.73. The van der Waals surface area contributed by atoms with Crippen molar-refractivity contribution in [3.8, 4) is 11.8 Å². The molecule has 154 valence electrons. The van der Waals surface area contributed by atoms with Gasteiger partial charge in [0, 0.05) is 17.8 Å². The highest BCUT2D eigenvalue weighted by molar-refractivity contribution is 6.10. The van der Waals surface area contributed by atoms with Crippen molar-refractivity contribution in [1.29, 1.82) is 5.26 Å². The second-order valence-electron chi connectivity index (χ2n) is 6.73. The van der Waals surface area contributed by atoms with Crippen molar-refractivity contribution in [3.63, 3.8) is 0 Å². The number of nitrogens with one attached hydrogen (secondary N) is 1. The van der Waals surface area contributed by atoms with Gasteiger partial charge in [0.25, 0.3) is 11.6 Å². The maximum Gasteiger partial charge on any atom is 0.269 e. The SMILES string of the molecule is Cc1cc([N+](=O)[O-])ccc1NC(=O)/C(C#N)=C/c1cccc(OCc2ccccc2)c1. The van der Waals surface area contributed by atoms with Crippen molar-refractivity contribution in [2.75, 3.05) is 5.32 Å². The first-order valence-corrected chi connectivity index (χ1v) is 9.41. The molecule has 0 aliphatic carbocycles. The van der Waals surface area contributed by atoms with Crippen LogP contribution in [0, 0.1) is 28.4 Å². The van der Waals surface area contributed by atoms with E-state index in [2.05, 4.69) is 5.32 Å². The smallest absolute Gasteiger partial charge is 0.269 e. The molecule has 0 aliphatic rings. The zero-order chi connectivity index (χ0) is 22.2. The average molecular weight is 413 g/mol. The molecule has 0 aliphatic heterocycles. The van der Waals surface area contributed by atoms with Gasteiger partial charge in [0.1, 0.15) is 24.0 Å². The summed E-state index contributed by atoms with van der Waals surface area (Å²) in [6, 6.07) is 22.8. The number of nitro benzene ring substituents is 1. The van der Waals surface area contributed by atoms with Crippen LogP contribution in [-0.4, -0.2) is 10.8 Å². The van der Waals surface area contributed by atoms with Gasteiger partial charge in [-0.1, -0.05) is 42.5 Å². The van der Waals surface area contributed by atoms with Crippen LogP contribution in [-0.2, 0) is 11.4 Å². The number of nitriles is 1. The molecule has 7 heteroatoms. The molecular weight excluding hydrogens is 394 g/mol. The number of nitro groups is 1. The summed E-state index contributed by atoms with van der Waals surface area (Å²) in [6.45, 7) is 2.05. The van der Waals surface area contributed by atoms with Gasteiger partial charge < -0.3 is 10.1 Å². The molecule has 3 aromatic rings. The molecule has 3 aromatic carbocycles. The first-order valence-electron chi connectivity index (χ1n) is 9.41. The summed E-state index contributed by atoms with van der Waals surface area (Å²) < 4.78 is 5.78. The number of carbonyl (C=O) groups is 1. The zero-order valence-corrected chi connectivity index (χ0v) is 16.7. The highest BCUT2D eigenvalue weighted by atomic mass is 16.6. The van der Waals surface area contributed by atoms with E-state index < -0.39 is 10.8 Å². The zero-order valence-electron chi connectivity index (χ0n) is 16.7. The van der Waals surface area contributed by atoms with Crippen LogP contribution in [0.3, 0.4) is 0 Å². The third-order valence-electron chi connectivity index (χ3n) is 4.45. The Morgan fingerprint density at radius 1 is 1.13 bits per heavy atom. The van der Waals surface area contributed by atoms with E-state index in [0.29, 0.717) is 29.2 Å². The van der Waals surface area contributed by atoms with Crippen LogP contribution in [0.25, 0.3) is 6.08 Å². The molecule has 0 atom stereocenters. The van der Waals surface area contributed by atoms with E-state index in [1.54, 1.807) is 31.2 Å². The number of hydrogen-bond donors (Lipinski definition) is 1. The van der Waals surface area contributed by atoms with Crippen LogP contribution < -0.4 is 10.1 Å². The minimum absolute atomic E-state index is 0.0705. The van der Waals surface area contributed by atoms with Crippen molar-refractivity contribution in [1.82, 2.24) is 0 Å². The molecule has 0 spiro atoms. The molecule has 7 nitrogen and oxygen atoms in total. The average Bonchev–Trinajstić information content (AvgIpc) is 2.78. The molecule has 0 saturated heterocycles. The van der Waals surface area contributed by atoms with Crippen LogP contribution in [0.4, 0.5) is 11.4 Å². The van der Waals surface area contributed by atoms with Crippen molar-refractivity contribution in [3.05, 3.63) is 105 Å². The van der Waals surface area contributed by atoms with Crippen LogP contribution in [0.15, 0.2) is 78.4 Å². The third kappa shape index (κ3) is 5.78. The molecule has 0 radical (unpaired) electrons. The first-order chi connectivity index (χ1) is 15.0. The first kappa shape index (κ1) is 21.3. The van der Waals surface area contributed by atoms with Gasteiger partial charge in [-0.05, 0) is 47.9 Å². The summed E-state index contributed by atoms with van der Waals surface area (Å²) >= 11 is 0. The minimum Gasteiger partial charge on any atom is -0.489 e. The highest BCUT2D eigenvalue weighted by Gasteiger charge is 2.13. The molecule has 0 heterocycles. The molecule has 0 unspecified atom stereocenters. The van der Waals surface area contributed by atoms with Crippen LogP contribution in [0.1, 0.15) is 16.7 Å². The van der Waals surface area contributed by atoms with E-state index in [9.17, 15) is 20.2 Å². The van der Waals surface area contributed by atoms with Crippen molar-refractivity contribution < 1.29 is 14.5 Å². The van der Waals surface area contributed by atoms with Crippen LogP contribution in [0.5, 0.6) is 5.75 Å². The van der Waals surface area contributed by atoms with Crippen molar-refractivity contribution in [2.45, 2.75) is 13.5 Å². The number of anilines is 1. The monoisotopic (exact) mass is 413 g/mol. The second-order valence-corrected chi connectivity index (χ2v) is 6.73. The summed E-state index contributed by atoms with van der Waals surface area (Å²) in [6.07, 6.45) is 1.46. The minimum atomic E-state index is -0.602. The number of nitrogens with zero attached hydrogens (tertiary/aromatic N) is 2. The molecule has 31 heavy (non-hydrogen) atoms. The molecule has 1 N–H and O–H groups in total. The lowest BCUT2D eigenvalue weighted by Gasteiger charge is -2.08. The highest BCUT2D eigenvalue weighted by Crippen LogP contribution is 2.22. The van der Waals surface area contributed by atoms with Gasteiger partial charge in [0.05, 0.1) is 4.92 Å². The van der Waals surface area contributed by atoms with Crippen molar-refractivity contribution >= 4 is 23.4 Å². The van der Waals surface area contributed by atoms with Gasteiger partial charge in [-0.2, -0.15) is 5.26 Å². The van der Waals surface area contributed by atoms with E-state index in [4.69, 9.17) is 4.74 Å². The molecule has 0 aromatic heterocycles. The second kappa shape index (κ2) is 9.85. The molecule has 3 rings (SSSR count). The number of amides is 1. The van der Waals surface area contributed by atoms with Crippen LogP contribution >= 0.6 is 0 Å². The Labute approximate surface area is 179 Å². The van der Waals surface area contributed by atoms with Gasteiger partial charge >= 0.3 is 0 Å². The van der Waals surface area contributed by atoms with Crippen LogP contribution in [0.2, 0.25) is 0 Å². The summed E-state index contributed by atoms with van der Waals surface area (Å²) in [4.78, 5) is 22.9. The summed E-state index contributed by atoms with van der Waals surface area (Å²) in [5, 5.41) is 22.9. The van der Waals surface area contributed by atoms with E-state index in [-0.39, 0.29) is 11.3 Å². The van der Waals surface area contributed by atoms with Gasteiger partial charge in [-0.15, -0.1) is 0 Å². The summed E-state index contributed by atoms with van der Waals surface area (Å²) in [7, 11) is 0. The van der Waals surface area contributed by atoms with Crippen molar-refractivity contribution in [2.24, 2.45) is 0 Å². The van der Waals surface area contributed by atoms with E-state index >= 15 is 0 Å². The normalized spacial score (nSPS) is 10.8. The Bertz CT molecular complexity index is 1180. The maximum absolute atomic E-state index is 12.5. The number of ether oxygens (including phenoxy) is 1. The lowest BCUT2D eigenvalue weighted by molar-refractivity contribution is -0.384. The van der Waals surface area contributed by atoms with E-state index in [1.165, 1.54) is 24.3 Å². The Hall–Kier alpha value is -4.44. The number of carbonyl (C=O) groups excluding carboxylic acids is 1. The molecule has 0 bridgehead atoms. The molecular formula is C24H19N3O4. The summed E-state index contributed by atoms with van der Waals surface area (Å²) in [5.41, 5.74) is 2.42. The van der Waals surface area contributed by atoms with Gasteiger partial charge in [0.2, 0.25) is 0 Å². The Kier molecular flexibility index (Phi) is 6.76. The number of hydrogen-bond acceptors (Lipinski definition) is 5. The number of non-ortho nitro benzene ring substituents is 1. The number of rotatable bonds is 7. The standard InChI is InChI=1S/C24H19N3O4/c1-17-12-21(27(29)30)10-11-23(17)26-24(28)20(15-25)13-19-8-5-9-22(14-19)31-16-18-6-3-2-4-7-18/h2-14H,16H2,1H3,(H,26,28)/b20-13+. The fourth-order valence-corrected chi connectivity index (χ4v) is 2.84. The third-order valence-corrected chi connectivity index (χ3v) is 4.45. The number of benzene rings is 3. The van der Waals surface area contributed by atoms with E-state index in [0.717, 1.165) is 5.56 Å². The Morgan fingerprint density at radius 2 is 1.90 bits per heavy atom. The molecule has 0 fully saturated rings. The molecule has 1 amide bonds. The fraction of sp³-hybridized carbons (Fsp3) is 0.0833. The largest absolute Gasteiger partial charge is 0.489 e. The lowest BCUT2D eigenvalue weighted by atomic mass is 10.1. The van der Waals surface area contributed by atoms with Gasteiger partial charge in [-0.3, -0.25) is 14.9 Å². The van der Waals surface area contributed by atoms with Gasteiger partial charge in [0.15, 0.2) is 0 Å². The lowest BCUT2D eigenvalue weighted by Crippen LogP contribution is -2.14. The maximum atomic E-state index is 12.5. The number of aryl methyl sites for hydroxylation is 1. The van der Waals surface area contributed by atoms with Gasteiger partial charge in [-0.25, -0.2) is 0 Å². The molecule has 0 saturated carbocycles. The fourth-order valence-electron chi connectivity index (χ4n) is 2.84. The quantitative estimate of drug-likeness (QED) is 0.253. The Morgan fingerprint density at radius 3 is 2.58 bits per heavy atom. The van der Waals surface area contributed by atoms with E-state index in [1.807, 2.05) is 36.4 Å². The summed E-state index contributed by atoms with van der Waals surface area (Å²) in [5.74, 6) is 0.0107. The predicted octanol–water partition coefficient (Wildman–Crippen LogP) is 5.03. The predicted molar refractivity (Wildman–Crippen MR) is 117 cm³/mol.